The third kappa shape index (κ3) is 4.74. The molecule has 0 unspecified atom stereocenters. The van der Waals surface area contributed by atoms with Crippen LogP contribution in [0.5, 0.6) is 0 Å². The van der Waals surface area contributed by atoms with E-state index in [9.17, 15) is 4.79 Å². The summed E-state index contributed by atoms with van der Waals surface area (Å²) < 4.78 is 1.21. The predicted octanol–water partition coefficient (Wildman–Crippen LogP) is 4.35. The molecule has 1 aliphatic rings. The van der Waals surface area contributed by atoms with Crippen LogP contribution < -0.4 is 5.32 Å². The lowest BCUT2D eigenvalue weighted by atomic mass is 10.1. The van der Waals surface area contributed by atoms with Crippen LogP contribution in [0.2, 0.25) is 0 Å². The van der Waals surface area contributed by atoms with Gasteiger partial charge in [0.25, 0.3) is 5.91 Å². The molecule has 1 heterocycles. The molecule has 0 fully saturated rings. The van der Waals surface area contributed by atoms with Crippen molar-refractivity contribution in [3.8, 4) is 0 Å². The monoisotopic (exact) mass is 391 g/mol. The molecule has 1 amide bonds. The first-order valence-electron chi connectivity index (χ1n) is 7.27. The van der Waals surface area contributed by atoms with Gasteiger partial charge in [-0.2, -0.15) is 0 Å². The van der Waals surface area contributed by atoms with Gasteiger partial charge >= 0.3 is 0 Å². The Morgan fingerprint density at radius 2 is 2.05 bits per heavy atom. The van der Waals surface area contributed by atoms with Crippen molar-refractivity contribution in [3.63, 3.8) is 0 Å². The fourth-order valence-electron chi connectivity index (χ4n) is 2.46. The standard InChI is InChI=1S/C15H22INOS/c16-9-5-2-6-10-17-15(18)14-11-12-7-3-1-4-8-13(12)19-14/h11H,1-10H2,(H,17,18). The molecule has 0 aromatic carbocycles. The van der Waals surface area contributed by atoms with Gasteiger partial charge in [-0.15, -0.1) is 11.3 Å². The summed E-state index contributed by atoms with van der Waals surface area (Å²) in [4.78, 5) is 14.4. The molecule has 0 spiro atoms. The van der Waals surface area contributed by atoms with Gasteiger partial charge in [0.1, 0.15) is 0 Å². The van der Waals surface area contributed by atoms with Crippen LogP contribution in [0.4, 0.5) is 0 Å². The lowest BCUT2D eigenvalue weighted by Gasteiger charge is -2.02. The number of carbonyl (C=O) groups is 1. The van der Waals surface area contributed by atoms with E-state index in [1.54, 1.807) is 11.3 Å². The summed E-state index contributed by atoms with van der Waals surface area (Å²) >= 11 is 4.11. The Morgan fingerprint density at radius 1 is 1.21 bits per heavy atom. The zero-order valence-corrected chi connectivity index (χ0v) is 14.3. The normalized spacial score (nSPS) is 14.8. The number of unbranched alkanes of at least 4 members (excludes halogenated alkanes) is 2. The number of amides is 1. The third-order valence-electron chi connectivity index (χ3n) is 3.57. The molecule has 1 aromatic heterocycles. The number of aryl methyl sites for hydroxylation is 2. The minimum atomic E-state index is 0.132. The van der Waals surface area contributed by atoms with Gasteiger partial charge in [0.2, 0.25) is 0 Å². The van der Waals surface area contributed by atoms with E-state index in [0.717, 1.165) is 24.3 Å². The van der Waals surface area contributed by atoms with Crippen molar-refractivity contribution in [2.75, 3.05) is 11.0 Å². The summed E-state index contributed by atoms with van der Waals surface area (Å²) in [6.45, 7) is 0.817. The van der Waals surface area contributed by atoms with Gasteiger partial charge in [-0.1, -0.05) is 35.4 Å². The molecule has 19 heavy (non-hydrogen) atoms. The van der Waals surface area contributed by atoms with Crippen LogP contribution in [0.25, 0.3) is 0 Å². The molecular formula is C15H22INOS. The number of rotatable bonds is 6. The highest BCUT2D eigenvalue weighted by atomic mass is 127. The Balaban J connectivity index is 1.82. The van der Waals surface area contributed by atoms with E-state index in [1.165, 1.54) is 53.4 Å². The Kier molecular flexibility index (Phi) is 6.64. The molecule has 0 atom stereocenters. The number of hydrogen-bond acceptors (Lipinski definition) is 2. The van der Waals surface area contributed by atoms with Crippen molar-refractivity contribution >= 4 is 39.8 Å². The molecule has 0 aliphatic heterocycles. The molecular weight excluding hydrogens is 369 g/mol. The summed E-state index contributed by atoms with van der Waals surface area (Å²) in [5, 5.41) is 3.05. The number of carbonyl (C=O) groups excluding carboxylic acids is 1. The van der Waals surface area contributed by atoms with Gasteiger partial charge in [0, 0.05) is 11.4 Å². The largest absolute Gasteiger partial charge is 0.351 e. The average molecular weight is 391 g/mol. The summed E-state index contributed by atoms with van der Waals surface area (Å²) in [5.74, 6) is 0.132. The van der Waals surface area contributed by atoms with Gasteiger partial charge in [-0.3, -0.25) is 4.79 Å². The number of thiophene rings is 1. The van der Waals surface area contributed by atoms with Crippen molar-refractivity contribution in [2.24, 2.45) is 0 Å². The number of fused-ring (bicyclic) bond motifs is 1. The van der Waals surface area contributed by atoms with Crippen molar-refractivity contribution in [1.29, 1.82) is 0 Å². The number of nitrogens with one attached hydrogen (secondary N) is 1. The molecule has 0 bridgehead atoms. The zero-order chi connectivity index (χ0) is 13.5. The molecule has 0 saturated heterocycles. The third-order valence-corrected chi connectivity index (χ3v) is 5.57. The summed E-state index contributed by atoms with van der Waals surface area (Å²) in [6, 6.07) is 2.13. The van der Waals surface area contributed by atoms with E-state index in [1.807, 2.05) is 0 Å². The van der Waals surface area contributed by atoms with E-state index >= 15 is 0 Å². The SMILES string of the molecule is O=C(NCCCCCI)c1cc2c(s1)CCCCC2. The first-order valence-corrected chi connectivity index (χ1v) is 9.61. The lowest BCUT2D eigenvalue weighted by molar-refractivity contribution is 0.0957. The van der Waals surface area contributed by atoms with Gasteiger partial charge in [-0.25, -0.2) is 0 Å². The summed E-state index contributed by atoms with van der Waals surface area (Å²) in [5.41, 5.74) is 1.43. The Morgan fingerprint density at radius 3 is 2.89 bits per heavy atom. The van der Waals surface area contributed by atoms with Crippen LogP contribution in [0.1, 0.15) is 58.6 Å². The van der Waals surface area contributed by atoms with E-state index < -0.39 is 0 Å². The maximum atomic E-state index is 12.1. The molecule has 0 saturated carbocycles. The first-order chi connectivity index (χ1) is 9.31. The van der Waals surface area contributed by atoms with Crippen LogP contribution in [0.15, 0.2) is 6.07 Å². The molecule has 1 aromatic rings. The van der Waals surface area contributed by atoms with Crippen molar-refractivity contribution < 1.29 is 4.79 Å². The van der Waals surface area contributed by atoms with Crippen molar-refractivity contribution in [2.45, 2.75) is 51.4 Å². The zero-order valence-electron chi connectivity index (χ0n) is 11.3. The Labute approximate surface area is 133 Å². The fourth-order valence-corrected chi connectivity index (χ4v) is 4.17. The maximum absolute atomic E-state index is 12.1. The number of halogens is 1. The second kappa shape index (κ2) is 8.25. The second-order valence-electron chi connectivity index (χ2n) is 5.13. The predicted molar refractivity (Wildman–Crippen MR) is 90.6 cm³/mol. The minimum Gasteiger partial charge on any atom is -0.351 e. The highest BCUT2D eigenvalue weighted by Gasteiger charge is 2.15. The second-order valence-corrected chi connectivity index (χ2v) is 7.34. The van der Waals surface area contributed by atoms with E-state index in [4.69, 9.17) is 0 Å². The van der Waals surface area contributed by atoms with Gasteiger partial charge < -0.3 is 5.32 Å². The van der Waals surface area contributed by atoms with Crippen LogP contribution in [-0.4, -0.2) is 16.9 Å². The summed E-state index contributed by atoms with van der Waals surface area (Å²) in [6.07, 6.45) is 9.79. The highest BCUT2D eigenvalue weighted by molar-refractivity contribution is 14.1. The maximum Gasteiger partial charge on any atom is 0.261 e. The quantitative estimate of drug-likeness (QED) is 0.332. The summed E-state index contributed by atoms with van der Waals surface area (Å²) in [7, 11) is 0. The topological polar surface area (TPSA) is 29.1 Å². The Bertz CT molecular complexity index is 393. The van der Waals surface area contributed by atoms with Crippen LogP contribution >= 0.6 is 33.9 Å². The van der Waals surface area contributed by atoms with Crippen molar-refractivity contribution in [3.05, 3.63) is 21.4 Å². The van der Waals surface area contributed by atoms with Gasteiger partial charge in [-0.05, 0) is 54.6 Å². The highest BCUT2D eigenvalue weighted by Crippen LogP contribution is 2.28. The van der Waals surface area contributed by atoms with Crippen LogP contribution in [-0.2, 0) is 12.8 Å². The average Bonchev–Trinajstić information content (AvgIpc) is 2.70. The molecule has 2 rings (SSSR count). The minimum absolute atomic E-state index is 0.132. The molecule has 0 radical (unpaired) electrons. The lowest BCUT2D eigenvalue weighted by Crippen LogP contribution is -2.23. The van der Waals surface area contributed by atoms with E-state index in [2.05, 4.69) is 34.0 Å². The van der Waals surface area contributed by atoms with Crippen LogP contribution in [0, 0.1) is 0 Å². The van der Waals surface area contributed by atoms with E-state index in [-0.39, 0.29) is 5.91 Å². The van der Waals surface area contributed by atoms with Gasteiger partial charge in [0.05, 0.1) is 4.88 Å². The van der Waals surface area contributed by atoms with Crippen molar-refractivity contribution in [1.82, 2.24) is 5.32 Å². The molecule has 2 nitrogen and oxygen atoms in total. The van der Waals surface area contributed by atoms with Crippen LogP contribution in [0.3, 0.4) is 0 Å². The molecule has 4 heteroatoms. The van der Waals surface area contributed by atoms with E-state index in [0.29, 0.717) is 0 Å². The smallest absolute Gasteiger partial charge is 0.261 e. The molecule has 1 N–H and O–H groups in total. The number of alkyl halides is 1. The molecule has 1 aliphatic carbocycles. The van der Waals surface area contributed by atoms with Gasteiger partial charge in [0.15, 0.2) is 0 Å². The fraction of sp³-hybridized carbons (Fsp3) is 0.667. The first kappa shape index (κ1) is 15.3. The Hall–Kier alpha value is -0.100. The number of hydrogen-bond donors (Lipinski definition) is 1. The molecule has 106 valence electrons.